The number of likely N-dealkylation sites (tertiary alicyclic amines) is 1. The second-order valence-corrected chi connectivity index (χ2v) is 8.57. The first kappa shape index (κ1) is 16.3. The van der Waals surface area contributed by atoms with Crippen LogP contribution in [0.4, 0.5) is 4.79 Å². The third-order valence-electron chi connectivity index (χ3n) is 2.80. The Hall–Kier alpha value is -1.12. The maximum absolute atomic E-state index is 12.1. The molecule has 1 aliphatic heterocycles. The Morgan fingerprint density at radius 1 is 1.38 bits per heavy atom. The normalized spacial score (nSPS) is 19.4. The van der Waals surface area contributed by atoms with E-state index in [2.05, 4.69) is 9.97 Å². The number of piperidine rings is 1. The number of carbonyl (C=O) groups is 1. The van der Waals surface area contributed by atoms with Crippen LogP contribution in [0, 0.1) is 0 Å². The minimum atomic E-state index is -0.536. The van der Waals surface area contributed by atoms with E-state index in [4.69, 9.17) is 7.80 Å². The maximum atomic E-state index is 12.1. The molecule has 1 aromatic rings. The number of aromatic nitrogens is 2. The van der Waals surface area contributed by atoms with E-state index in [1.165, 1.54) is 0 Å². The molecule has 0 N–H and O–H groups in total. The Labute approximate surface area is 136 Å². The van der Waals surface area contributed by atoms with E-state index in [0.29, 0.717) is 16.5 Å². The summed E-state index contributed by atoms with van der Waals surface area (Å²) in [5.41, 5.74) is -0.451. The number of nitrogens with zero attached hydrogens (tertiary/aromatic N) is 3. The molecule has 1 amide bonds. The standard InChI is InChI=1S/C14H21IN3O3/c1-14(2,3)20-13(19)18-9-4-6-11(10-18)15-21-12-16-7-5-8-17-12/h5,7-8,11H,4,6,9-10H2,1-3H3/q-1/t11-/m0/s1. The van der Waals surface area contributed by atoms with Crippen molar-refractivity contribution in [2.24, 2.45) is 0 Å². The van der Waals surface area contributed by atoms with Gasteiger partial charge in [-0.1, -0.05) is 0 Å². The van der Waals surface area contributed by atoms with Gasteiger partial charge in [0.15, 0.2) is 0 Å². The number of hydrogen-bond donors (Lipinski definition) is 0. The van der Waals surface area contributed by atoms with Gasteiger partial charge in [-0.3, -0.25) is 0 Å². The molecule has 1 fully saturated rings. The molecule has 7 heteroatoms. The summed E-state index contributed by atoms with van der Waals surface area (Å²) in [4.78, 5) is 22.0. The van der Waals surface area contributed by atoms with Gasteiger partial charge in [-0.15, -0.1) is 0 Å². The van der Waals surface area contributed by atoms with Crippen LogP contribution in [0.2, 0.25) is 0 Å². The molecule has 2 heterocycles. The zero-order valence-electron chi connectivity index (χ0n) is 12.6. The van der Waals surface area contributed by atoms with Crippen LogP contribution in [0.1, 0.15) is 33.6 Å². The summed E-state index contributed by atoms with van der Waals surface area (Å²) < 4.78 is 11.5. The molecule has 2 rings (SSSR count). The number of carbonyl (C=O) groups excluding carboxylic acids is 1. The van der Waals surface area contributed by atoms with Crippen LogP contribution >= 0.6 is 0 Å². The summed E-state index contributed by atoms with van der Waals surface area (Å²) in [6.45, 7) is 7.12. The van der Waals surface area contributed by atoms with Crippen LogP contribution in [-0.2, 0) is 4.74 Å². The average molecular weight is 406 g/mol. The number of amides is 1. The van der Waals surface area contributed by atoms with Crippen molar-refractivity contribution in [3.63, 3.8) is 0 Å². The molecule has 1 aliphatic rings. The Kier molecular flexibility index (Phi) is 5.60. The van der Waals surface area contributed by atoms with Crippen LogP contribution < -0.4 is 24.7 Å². The topological polar surface area (TPSA) is 64.5 Å². The Morgan fingerprint density at radius 3 is 2.76 bits per heavy atom. The zero-order chi connectivity index (χ0) is 15.3. The Bertz CT molecular complexity index is 464. The average Bonchev–Trinajstić information content (AvgIpc) is 2.45. The third kappa shape index (κ3) is 5.64. The first-order valence-electron chi connectivity index (χ1n) is 6.99. The van der Waals surface area contributed by atoms with E-state index in [1.807, 2.05) is 20.8 Å². The molecule has 0 radical (unpaired) electrons. The molecule has 0 aromatic carbocycles. The van der Waals surface area contributed by atoms with Crippen molar-refractivity contribution >= 4 is 6.09 Å². The third-order valence-corrected chi connectivity index (χ3v) is 5.18. The molecule has 0 aliphatic carbocycles. The summed E-state index contributed by atoms with van der Waals surface area (Å²) in [6.07, 6.45) is 5.18. The number of alkyl halides is 1. The molecule has 0 spiro atoms. The van der Waals surface area contributed by atoms with E-state index >= 15 is 0 Å². The number of hydrogen-bond acceptors (Lipinski definition) is 5. The number of rotatable bonds is 3. The fourth-order valence-electron chi connectivity index (χ4n) is 1.92. The molecule has 1 atom stereocenters. The Balaban J connectivity index is 1.82. The molecular weight excluding hydrogens is 385 g/mol. The summed E-state index contributed by atoms with van der Waals surface area (Å²) in [5.74, 6) is 0. The summed E-state index contributed by atoms with van der Waals surface area (Å²) in [6, 6.07) is 2.19. The second kappa shape index (κ2) is 7.24. The van der Waals surface area contributed by atoms with Gasteiger partial charge in [0.25, 0.3) is 0 Å². The molecule has 118 valence electrons. The number of ether oxygens (including phenoxy) is 1. The molecule has 21 heavy (non-hydrogen) atoms. The van der Waals surface area contributed by atoms with Gasteiger partial charge >= 0.3 is 136 Å². The van der Waals surface area contributed by atoms with E-state index in [-0.39, 0.29) is 6.09 Å². The van der Waals surface area contributed by atoms with Crippen molar-refractivity contribution in [2.75, 3.05) is 13.1 Å². The zero-order valence-corrected chi connectivity index (χ0v) is 14.7. The van der Waals surface area contributed by atoms with Crippen molar-refractivity contribution in [3.8, 4) is 6.01 Å². The predicted molar refractivity (Wildman–Crippen MR) is 73.5 cm³/mol. The van der Waals surface area contributed by atoms with Gasteiger partial charge in [-0.05, 0) is 0 Å². The van der Waals surface area contributed by atoms with Gasteiger partial charge in [0.1, 0.15) is 0 Å². The summed E-state index contributed by atoms with van der Waals surface area (Å²) >= 11 is -0.536. The molecule has 1 aromatic heterocycles. The van der Waals surface area contributed by atoms with Crippen LogP contribution in [0.3, 0.4) is 0 Å². The molecular formula is C14H21IN3O3-. The first-order chi connectivity index (χ1) is 9.94. The quantitative estimate of drug-likeness (QED) is 0.489. The van der Waals surface area contributed by atoms with Crippen molar-refractivity contribution in [1.82, 2.24) is 14.9 Å². The fourth-order valence-corrected chi connectivity index (χ4v) is 4.06. The van der Waals surface area contributed by atoms with E-state index in [1.54, 1.807) is 23.4 Å². The van der Waals surface area contributed by atoms with Crippen molar-refractivity contribution < 1.29 is 34.2 Å². The van der Waals surface area contributed by atoms with Crippen LogP contribution in [-0.4, -0.2) is 43.6 Å². The predicted octanol–water partition coefficient (Wildman–Crippen LogP) is -0.741. The summed E-state index contributed by atoms with van der Waals surface area (Å²) in [5, 5.41) is 0. The van der Waals surface area contributed by atoms with Crippen molar-refractivity contribution in [2.45, 2.75) is 43.1 Å². The SMILES string of the molecule is CC(C)(C)OC(=O)N1CCC[C@H]([I-]Oc2ncccn2)C1. The minimum absolute atomic E-state index is 0.229. The molecule has 0 bridgehead atoms. The first-order valence-corrected chi connectivity index (χ1v) is 9.12. The fraction of sp³-hybridized carbons (Fsp3) is 0.643. The molecule has 0 unspecified atom stereocenters. The van der Waals surface area contributed by atoms with Crippen molar-refractivity contribution in [1.29, 1.82) is 0 Å². The van der Waals surface area contributed by atoms with Gasteiger partial charge in [-0.2, -0.15) is 0 Å². The Morgan fingerprint density at radius 2 is 2.10 bits per heavy atom. The van der Waals surface area contributed by atoms with Crippen LogP contribution in [0.5, 0.6) is 6.01 Å². The molecule has 6 nitrogen and oxygen atoms in total. The van der Waals surface area contributed by atoms with Gasteiger partial charge < -0.3 is 0 Å². The van der Waals surface area contributed by atoms with E-state index in [9.17, 15) is 4.79 Å². The van der Waals surface area contributed by atoms with Gasteiger partial charge in [-0.25, -0.2) is 0 Å². The monoisotopic (exact) mass is 406 g/mol. The van der Waals surface area contributed by atoms with Crippen LogP contribution in [0.25, 0.3) is 0 Å². The van der Waals surface area contributed by atoms with Crippen LogP contribution in [0.15, 0.2) is 18.5 Å². The molecule has 1 saturated heterocycles. The van der Waals surface area contributed by atoms with Gasteiger partial charge in [0, 0.05) is 0 Å². The van der Waals surface area contributed by atoms with E-state index in [0.717, 1.165) is 19.4 Å². The van der Waals surface area contributed by atoms with Crippen molar-refractivity contribution in [3.05, 3.63) is 18.5 Å². The number of halogens is 1. The van der Waals surface area contributed by atoms with Gasteiger partial charge in [0.2, 0.25) is 0 Å². The van der Waals surface area contributed by atoms with E-state index < -0.39 is 27.2 Å². The summed E-state index contributed by atoms with van der Waals surface area (Å²) in [7, 11) is 0. The van der Waals surface area contributed by atoms with Gasteiger partial charge in [0.05, 0.1) is 0 Å². The second-order valence-electron chi connectivity index (χ2n) is 5.86. The molecule has 0 saturated carbocycles.